The van der Waals surface area contributed by atoms with Gasteiger partial charge < -0.3 is 4.55 Å². The van der Waals surface area contributed by atoms with E-state index >= 15 is 0 Å². The summed E-state index contributed by atoms with van der Waals surface area (Å²) in [6.07, 6.45) is 3.36. The zero-order valence-electron chi connectivity index (χ0n) is 10.7. The van der Waals surface area contributed by atoms with Crippen molar-refractivity contribution in [3.05, 3.63) is 0 Å². The number of alkyl halides is 2. The highest BCUT2D eigenvalue weighted by atomic mass is 32.2. The predicted molar refractivity (Wildman–Crippen MR) is 67.9 cm³/mol. The molecule has 1 unspecified atom stereocenters. The van der Waals surface area contributed by atoms with E-state index in [1.54, 1.807) is 6.21 Å². The van der Waals surface area contributed by atoms with E-state index in [0.717, 1.165) is 0 Å². The van der Waals surface area contributed by atoms with Crippen LogP contribution in [0.4, 0.5) is 8.78 Å². The van der Waals surface area contributed by atoms with Crippen LogP contribution < -0.4 is 0 Å². The molecule has 1 aliphatic carbocycles. The molecule has 1 atom stereocenters. The molecule has 100 valence electrons. The van der Waals surface area contributed by atoms with Crippen molar-refractivity contribution >= 4 is 17.6 Å². The third-order valence-electron chi connectivity index (χ3n) is 2.97. The molecule has 0 heterocycles. The fraction of sp³-hybridized carbons (Fsp3) is 0.917. The molecule has 1 fully saturated rings. The summed E-state index contributed by atoms with van der Waals surface area (Å²) in [4.78, 5) is 0. The molecular formula is C12H21F2NOS. The topological polar surface area (TPSA) is 35.4 Å². The fourth-order valence-corrected chi connectivity index (χ4v) is 2.29. The lowest BCUT2D eigenvalue weighted by atomic mass is 9.85. The van der Waals surface area contributed by atoms with Gasteiger partial charge in [-0.3, -0.25) is 0 Å². The number of halogens is 2. The molecule has 0 saturated heterocycles. The van der Waals surface area contributed by atoms with E-state index < -0.39 is 17.3 Å². The Kier molecular flexibility index (Phi) is 4.95. The summed E-state index contributed by atoms with van der Waals surface area (Å²) in [5.41, 5.74) is 0. The summed E-state index contributed by atoms with van der Waals surface area (Å²) in [5.74, 6) is -2.20. The minimum Gasteiger partial charge on any atom is -0.591 e. The first-order valence-electron chi connectivity index (χ1n) is 6.03. The second-order valence-electron chi connectivity index (χ2n) is 5.68. The maximum Gasteiger partial charge on any atom is 0.248 e. The second-order valence-corrected chi connectivity index (χ2v) is 7.62. The van der Waals surface area contributed by atoms with Crippen LogP contribution in [0.5, 0.6) is 0 Å². The lowest BCUT2D eigenvalue weighted by Crippen LogP contribution is -2.26. The van der Waals surface area contributed by atoms with Gasteiger partial charge >= 0.3 is 0 Å². The zero-order chi connectivity index (χ0) is 13.1. The third-order valence-corrected chi connectivity index (χ3v) is 4.36. The minimum atomic E-state index is -2.47. The predicted octanol–water partition coefficient (Wildman–Crippen LogP) is 3.74. The Morgan fingerprint density at radius 2 is 1.88 bits per heavy atom. The molecule has 0 aliphatic heterocycles. The molecule has 0 amide bonds. The summed E-state index contributed by atoms with van der Waals surface area (Å²) in [6, 6.07) is 0. The van der Waals surface area contributed by atoms with Crippen molar-refractivity contribution in [2.24, 2.45) is 10.3 Å². The van der Waals surface area contributed by atoms with Crippen molar-refractivity contribution in [2.75, 3.05) is 0 Å². The molecule has 0 N–H and O–H groups in total. The highest BCUT2D eigenvalue weighted by Gasteiger charge is 2.34. The summed E-state index contributed by atoms with van der Waals surface area (Å²) in [6.45, 7) is 5.59. The van der Waals surface area contributed by atoms with Crippen LogP contribution in [-0.2, 0) is 11.4 Å². The molecule has 0 aromatic rings. The molecule has 1 aliphatic rings. The first kappa shape index (κ1) is 14.9. The Balaban J connectivity index is 2.30. The van der Waals surface area contributed by atoms with Gasteiger partial charge in [0.2, 0.25) is 5.92 Å². The summed E-state index contributed by atoms with van der Waals surface area (Å²) < 4.78 is 41.0. The van der Waals surface area contributed by atoms with Crippen LogP contribution in [0.2, 0.25) is 0 Å². The van der Waals surface area contributed by atoms with Gasteiger partial charge in [0.15, 0.2) is 0 Å². The lowest BCUT2D eigenvalue weighted by molar-refractivity contribution is -0.0448. The van der Waals surface area contributed by atoms with Gasteiger partial charge in [0.25, 0.3) is 0 Å². The first-order chi connectivity index (χ1) is 7.71. The van der Waals surface area contributed by atoms with Crippen molar-refractivity contribution in [1.29, 1.82) is 0 Å². The van der Waals surface area contributed by atoms with E-state index in [1.165, 1.54) is 0 Å². The minimum absolute atomic E-state index is 0.0200. The Bertz CT molecular complexity index is 266. The van der Waals surface area contributed by atoms with Crippen molar-refractivity contribution in [1.82, 2.24) is 0 Å². The van der Waals surface area contributed by atoms with Crippen LogP contribution in [0.25, 0.3) is 0 Å². The largest absolute Gasteiger partial charge is 0.591 e. The molecule has 0 radical (unpaired) electrons. The molecule has 0 bridgehead atoms. The molecule has 1 saturated carbocycles. The maximum atomic E-state index is 12.9. The SMILES string of the molecule is CC(C)(C)[S+]([O-])/N=C/CC1CCC(F)(F)CC1. The average Bonchev–Trinajstić information content (AvgIpc) is 2.19. The summed E-state index contributed by atoms with van der Waals surface area (Å²) in [5, 5.41) is 0. The van der Waals surface area contributed by atoms with E-state index in [-0.39, 0.29) is 23.5 Å². The molecule has 5 heteroatoms. The van der Waals surface area contributed by atoms with Gasteiger partial charge in [0, 0.05) is 12.8 Å². The van der Waals surface area contributed by atoms with Gasteiger partial charge in [-0.1, -0.05) is 4.40 Å². The number of rotatable bonds is 3. The molecule has 0 aromatic carbocycles. The van der Waals surface area contributed by atoms with Crippen molar-refractivity contribution in [3.63, 3.8) is 0 Å². The van der Waals surface area contributed by atoms with E-state index in [9.17, 15) is 13.3 Å². The fourth-order valence-electron chi connectivity index (χ4n) is 1.75. The van der Waals surface area contributed by atoms with Crippen molar-refractivity contribution in [2.45, 2.75) is 63.5 Å². The van der Waals surface area contributed by atoms with Crippen LogP contribution in [0.3, 0.4) is 0 Å². The Hall–Kier alpha value is -0.160. The first-order valence-corrected chi connectivity index (χ1v) is 7.14. The zero-order valence-corrected chi connectivity index (χ0v) is 11.5. The quantitative estimate of drug-likeness (QED) is 0.565. The number of hydrogen-bond donors (Lipinski definition) is 0. The molecule has 17 heavy (non-hydrogen) atoms. The number of hydrogen-bond acceptors (Lipinski definition) is 2. The van der Waals surface area contributed by atoms with E-state index in [4.69, 9.17) is 0 Å². The van der Waals surface area contributed by atoms with Crippen LogP contribution in [0.15, 0.2) is 4.40 Å². The summed E-state index contributed by atoms with van der Waals surface area (Å²) in [7, 11) is 0. The number of nitrogens with zero attached hydrogens (tertiary/aromatic N) is 1. The van der Waals surface area contributed by atoms with Gasteiger partial charge in [-0.15, -0.1) is 0 Å². The third kappa shape index (κ3) is 5.34. The average molecular weight is 265 g/mol. The van der Waals surface area contributed by atoms with Gasteiger partial charge in [0.05, 0.1) is 6.21 Å². The van der Waals surface area contributed by atoms with Gasteiger partial charge in [-0.25, -0.2) is 8.78 Å². The van der Waals surface area contributed by atoms with Crippen LogP contribution in [0, 0.1) is 5.92 Å². The van der Waals surface area contributed by atoms with Crippen LogP contribution in [-0.4, -0.2) is 21.4 Å². The van der Waals surface area contributed by atoms with Crippen molar-refractivity contribution in [3.8, 4) is 0 Å². The van der Waals surface area contributed by atoms with Crippen LogP contribution in [0.1, 0.15) is 52.9 Å². The highest BCUT2D eigenvalue weighted by Crippen LogP contribution is 2.37. The normalized spacial score (nSPS) is 24.1. The Morgan fingerprint density at radius 1 is 1.35 bits per heavy atom. The molecular weight excluding hydrogens is 244 g/mol. The molecule has 0 spiro atoms. The second kappa shape index (κ2) is 5.65. The van der Waals surface area contributed by atoms with Gasteiger partial charge in [-0.05, 0) is 46.0 Å². The smallest absolute Gasteiger partial charge is 0.248 e. The standard InChI is InChI=1S/C12H21F2NOS/c1-11(2,3)17(16)15-9-6-10-4-7-12(13,14)8-5-10/h9-10H,4-8H2,1-3H3/b15-9+. The van der Waals surface area contributed by atoms with Crippen LogP contribution >= 0.6 is 0 Å². The summed E-state index contributed by atoms with van der Waals surface area (Å²) >= 11 is -1.24. The molecule has 1 rings (SSSR count). The van der Waals surface area contributed by atoms with Gasteiger partial charge in [-0.2, -0.15) is 0 Å². The maximum absolute atomic E-state index is 12.9. The highest BCUT2D eigenvalue weighted by molar-refractivity contribution is 7.91. The Labute approximate surface area is 105 Å². The lowest BCUT2D eigenvalue weighted by Gasteiger charge is -2.27. The van der Waals surface area contributed by atoms with E-state index in [2.05, 4.69) is 4.40 Å². The van der Waals surface area contributed by atoms with Crippen molar-refractivity contribution < 1.29 is 13.3 Å². The monoisotopic (exact) mass is 265 g/mol. The van der Waals surface area contributed by atoms with Gasteiger partial charge in [0.1, 0.15) is 16.1 Å². The Morgan fingerprint density at radius 3 is 2.35 bits per heavy atom. The van der Waals surface area contributed by atoms with E-state index in [0.29, 0.717) is 19.3 Å². The molecule has 0 aromatic heterocycles. The van der Waals surface area contributed by atoms with E-state index in [1.807, 2.05) is 20.8 Å². The molecule has 2 nitrogen and oxygen atoms in total.